The lowest BCUT2D eigenvalue weighted by Gasteiger charge is -2.33. The Morgan fingerprint density at radius 3 is 2.41 bits per heavy atom. The average molecular weight is 579 g/mol. The van der Waals surface area contributed by atoms with Crippen molar-refractivity contribution in [2.45, 2.75) is 42.8 Å². The average Bonchev–Trinajstić information content (AvgIpc) is 2.97. The Kier molecular flexibility index (Phi) is 10.3. The van der Waals surface area contributed by atoms with Crippen molar-refractivity contribution in [2.24, 2.45) is 0 Å². The van der Waals surface area contributed by atoms with Crippen LogP contribution in [0.25, 0.3) is 0 Å². The van der Waals surface area contributed by atoms with Gasteiger partial charge in [-0.3, -0.25) is 4.79 Å². The fourth-order valence-electron chi connectivity index (χ4n) is 4.75. The van der Waals surface area contributed by atoms with Gasteiger partial charge in [0.25, 0.3) is 5.91 Å². The molecule has 0 aromatic heterocycles. The second kappa shape index (κ2) is 13.6. The topological polar surface area (TPSA) is 106 Å². The lowest BCUT2D eigenvalue weighted by Crippen LogP contribution is -2.40. The second-order valence-corrected chi connectivity index (χ2v) is 11.9. The molecule has 0 spiro atoms. The molecular formula is C28H35ClN2O7S. The van der Waals surface area contributed by atoms with E-state index in [1.165, 1.54) is 23.5 Å². The summed E-state index contributed by atoms with van der Waals surface area (Å²) in [6.07, 6.45) is 4.56. The zero-order valence-electron chi connectivity index (χ0n) is 22.0. The van der Waals surface area contributed by atoms with Crippen LogP contribution in [0.1, 0.15) is 37.2 Å². The molecule has 2 aromatic carbocycles. The van der Waals surface area contributed by atoms with Gasteiger partial charge in [-0.05, 0) is 67.3 Å². The molecule has 9 nitrogen and oxygen atoms in total. The van der Waals surface area contributed by atoms with E-state index in [1.807, 2.05) is 18.2 Å². The van der Waals surface area contributed by atoms with Crippen LogP contribution in [0.5, 0.6) is 5.75 Å². The molecule has 212 valence electrons. The molecule has 39 heavy (non-hydrogen) atoms. The van der Waals surface area contributed by atoms with E-state index in [4.69, 9.17) is 25.8 Å². The van der Waals surface area contributed by atoms with Crippen LogP contribution < -0.4 is 4.74 Å². The molecule has 0 bridgehead atoms. The van der Waals surface area contributed by atoms with Crippen molar-refractivity contribution in [1.29, 1.82) is 0 Å². The third kappa shape index (κ3) is 7.52. The number of hydrogen-bond acceptors (Lipinski definition) is 7. The summed E-state index contributed by atoms with van der Waals surface area (Å²) in [7, 11) is -2.37. The van der Waals surface area contributed by atoms with Crippen molar-refractivity contribution >= 4 is 27.5 Å². The molecule has 2 heterocycles. The van der Waals surface area contributed by atoms with Gasteiger partial charge in [0.1, 0.15) is 5.75 Å². The van der Waals surface area contributed by atoms with Crippen molar-refractivity contribution in [3.05, 3.63) is 71.0 Å². The molecule has 0 aliphatic carbocycles. The van der Waals surface area contributed by atoms with Crippen LogP contribution in [0.3, 0.4) is 0 Å². The van der Waals surface area contributed by atoms with E-state index >= 15 is 0 Å². The Morgan fingerprint density at radius 2 is 1.77 bits per heavy atom. The predicted octanol–water partition coefficient (Wildman–Crippen LogP) is 3.77. The van der Waals surface area contributed by atoms with E-state index in [1.54, 1.807) is 29.2 Å². The van der Waals surface area contributed by atoms with Gasteiger partial charge in [-0.2, -0.15) is 4.31 Å². The van der Waals surface area contributed by atoms with Crippen LogP contribution in [0.2, 0.25) is 5.02 Å². The number of halogens is 1. The molecule has 2 aromatic rings. The molecule has 0 saturated carbocycles. The Morgan fingerprint density at radius 1 is 1.08 bits per heavy atom. The van der Waals surface area contributed by atoms with Crippen LogP contribution in [-0.4, -0.2) is 81.4 Å². The SMILES string of the molecule is COc1ccc(S(=O)(=O)N(CCO)CCO[C@H]2C[C@@H](c3ccc(Cl)cc3)C=C(C(=O)N3CCCCC3)O2)cc1. The number of carbonyl (C=O) groups is 1. The number of ether oxygens (including phenoxy) is 3. The third-order valence-electron chi connectivity index (χ3n) is 6.90. The molecule has 1 amide bonds. The maximum Gasteiger partial charge on any atom is 0.288 e. The fraction of sp³-hybridized carbons (Fsp3) is 0.464. The number of rotatable bonds is 11. The van der Waals surface area contributed by atoms with Gasteiger partial charge in [-0.25, -0.2) is 8.42 Å². The van der Waals surface area contributed by atoms with Crippen LogP contribution in [0.4, 0.5) is 0 Å². The summed E-state index contributed by atoms with van der Waals surface area (Å²) in [6.45, 7) is 0.963. The lowest BCUT2D eigenvalue weighted by atomic mass is 9.93. The van der Waals surface area contributed by atoms with Gasteiger partial charge in [0.15, 0.2) is 5.76 Å². The number of methoxy groups -OCH3 is 1. The number of nitrogens with zero attached hydrogens (tertiary/aromatic N) is 2. The third-order valence-corrected chi connectivity index (χ3v) is 9.07. The highest BCUT2D eigenvalue weighted by molar-refractivity contribution is 7.89. The first-order valence-corrected chi connectivity index (χ1v) is 14.9. The number of allylic oxidation sites excluding steroid dienone is 1. The number of piperidine rings is 1. The first kappa shape index (κ1) is 29.4. The van der Waals surface area contributed by atoms with Crippen molar-refractivity contribution in [1.82, 2.24) is 9.21 Å². The number of benzene rings is 2. The van der Waals surface area contributed by atoms with Gasteiger partial charge in [-0.15, -0.1) is 0 Å². The van der Waals surface area contributed by atoms with Gasteiger partial charge >= 0.3 is 0 Å². The quantitative estimate of drug-likeness (QED) is 0.433. The number of hydrogen-bond donors (Lipinski definition) is 1. The number of likely N-dealkylation sites (tertiary alicyclic amines) is 1. The highest BCUT2D eigenvalue weighted by atomic mass is 35.5. The maximum atomic E-state index is 13.3. The Bertz CT molecular complexity index is 1230. The summed E-state index contributed by atoms with van der Waals surface area (Å²) in [5, 5.41) is 10.1. The summed E-state index contributed by atoms with van der Waals surface area (Å²) >= 11 is 6.08. The first-order valence-electron chi connectivity index (χ1n) is 13.1. The van der Waals surface area contributed by atoms with E-state index in [-0.39, 0.29) is 48.8 Å². The predicted molar refractivity (Wildman–Crippen MR) is 147 cm³/mol. The minimum atomic E-state index is -3.88. The standard InChI is InChI=1S/C28H35ClN2O7S/c1-36-24-9-11-25(12-10-24)39(34,35)31(15-17-32)16-18-37-27-20-22(21-5-7-23(29)8-6-21)19-26(38-27)28(33)30-13-3-2-4-14-30/h5-12,19,22,27,32H,2-4,13-18,20H2,1H3/t22-,27+/m0/s1. The van der Waals surface area contributed by atoms with E-state index in [0.29, 0.717) is 30.3 Å². The molecule has 1 saturated heterocycles. The van der Waals surface area contributed by atoms with Crippen LogP contribution in [0, 0.1) is 0 Å². The zero-order valence-corrected chi connectivity index (χ0v) is 23.6. The number of amides is 1. The Balaban J connectivity index is 1.46. The number of sulfonamides is 1. The minimum Gasteiger partial charge on any atom is -0.497 e. The molecule has 11 heteroatoms. The van der Waals surface area contributed by atoms with Crippen LogP contribution in [-0.2, 0) is 24.3 Å². The van der Waals surface area contributed by atoms with Crippen LogP contribution in [0.15, 0.2) is 65.3 Å². The first-order chi connectivity index (χ1) is 18.8. The van der Waals surface area contributed by atoms with E-state index < -0.39 is 16.3 Å². The highest BCUT2D eigenvalue weighted by Crippen LogP contribution is 2.33. The Labute approximate surface area is 235 Å². The van der Waals surface area contributed by atoms with Gasteiger partial charge < -0.3 is 24.2 Å². The summed E-state index contributed by atoms with van der Waals surface area (Å²) in [5.41, 5.74) is 0.976. The van der Waals surface area contributed by atoms with Crippen molar-refractivity contribution in [3.63, 3.8) is 0 Å². The van der Waals surface area contributed by atoms with Crippen molar-refractivity contribution in [2.75, 3.05) is 46.5 Å². The molecule has 0 unspecified atom stereocenters. The zero-order chi connectivity index (χ0) is 27.8. The Hall–Kier alpha value is -2.63. The van der Waals surface area contributed by atoms with Gasteiger partial charge in [0.05, 0.1) is 25.2 Å². The van der Waals surface area contributed by atoms with E-state index in [9.17, 15) is 18.3 Å². The smallest absolute Gasteiger partial charge is 0.288 e. The number of aliphatic hydroxyl groups is 1. The second-order valence-electron chi connectivity index (χ2n) is 9.50. The van der Waals surface area contributed by atoms with E-state index in [2.05, 4.69) is 0 Å². The van der Waals surface area contributed by atoms with Gasteiger partial charge in [0, 0.05) is 43.5 Å². The summed E-state index contributed by atoms with van der Waals surface area (Å²) in [4.78, 5) is 15.2. The highest BCUT2D eigenvalue weighted by Gasteiger charge is 2.32. The summed E-state index contributed by atoms with van der Waals surface area (Å²) in [5.74, 6) is 0.483. The van der Waals surface area contributed by atoms with Crippen molar-refractivity contribution < 1.29 is 32.5 Å². The van der Waals surface area contributed by atoms with Gasteiger partial charge in [-0.1, -0.05) is 23.7 Å². The summed E-state index contributed by atoms with van der Waals surface area (Å²) in [6, 6.07) is 13.5. The minimum absolute atomic E-state index is 0.000483. The van der Waals surface area contributed by atoms with E-state index in [0.717, 1.165) is 24.8 Å². The van der Waals surface area contributed by atoms with Gasteiger partial charge in [0.2, 0.25) is 16.3 Å². The molecule has 2 aliphatic heterocycles. The number of aliphatic hydroxyl groups excluding tert-OH is 1. The summed E-state index contributed by atoms with van der Waals surface area (Å²) < 4.78 is 44.7. The molecular weight excluding hydrogens is 544 g/mol. The molecule has 4 rings (SSSR count). The number of carbonyl (C=O) groups excluding carboxylic acids is 1. The van der Waals surface area contributed by atoms with Crippen molar-refractivity contribution in [3.8, 4) is 5.75 Å². The molecule has 0 radical (unpaired) electrons. The molecule has 1 fully saturated rings. The fourth-order valence-corrected chi connectivity index (χ4v) is 6.29. The normalized spacial score (nSPS) is 19.9. The maximum absolute atomic E-state index is 13.3. The van der Waals surface area contributed by atoms with Crippen LogP contribution >= 0.6 is 11.6 Å². The molecule has 2 aliphatic rings. The largest absolute Gasteiger partial charge is 0.497 e. The molecule has 1 N–H and O–H groups in total. The lowest BCUT2D eigenvalue weighted by molar-refractivity contribution is -0.153. The molecule has 2 atom stereocenters. The monoisotopic (exact) mass is 578 g/mol.